The van der Waals surface area contributed by atoms with Gasteiger partial charge in [-0.1, -0.05) is 66.2 Å². The zero-order chi connectivity index (χ0) is 22.1. The summed E-state index contributed by atoms with van der Waals surface area (Å²) >= 11 is 0. The number of hydrogen-bond donors (Lipinski definition) is 1. The Kier molecular flexibility index (Phi) is 5.23. The van der Waals surface area contributed by atoms with Crippen LogP contribution in [0.4, 0.5) is 5.69 Å². The molecule has 1 aromatic heterocycles. The summed E-state index contributed by atoms with van der Waals surface area (Å²) in [5.74, 6) is 0. The van der Waals surface area contributed by atoms with Crippen molar-refractivity contribution in [3.05, 3.63) is 123 Å². The Hall–Kier alpha value is -3.86. The number of non-ortho nitro benzene ring substituents is 1. The molecule has 2 heterocycles. The summed E-state index contributed by atoms with van der Waals surface area (Å²) in [6, 6.07) is 24.2. The average molecular weight is 424 g/mol. The maximum absolute atomic E-state index is 11.1. The lowest BCUT2D eigenvalue weighted by Gasteiger charge is -2.35. The summed E-state index contributed by atoms with van der Waals surface area (Å²) in [5.41, 5.74) is 7.39. The molecule has 1 aliphatic heterocycles. The molecule has 0 saturated heterocycles. The van der Waals surface area contributed by atoms with Crippen molar-refractivity contribution >= 4 is 16.6 Å². The van der Waals surface area contributed by atoms with Gasteiger partial charge in [-0.3, -0.25) is 10.1 Å². The molecule has 0 saturated carbocycles. The third-order valence-corrected chi connectivity index (χ3v) is 6.24. The number of aromatic nitrogens is 1. The maximum Gasteiger partial charge on any atom is 0.269 e. The molecule has 32 heavy (non-hydrogen) atoms. The third kappa shape index (κ3) is 3.78. The molecule has 0 aliphatic carbocycles. The van der Waals surface area contributed by atoms with Crippen molar-refractivity contribution in [2.45, 2.75) is 25.8 Å². The SMILES string of the molecule is Cc1ccc(C2c3[nH]c4ccccc4c3CCN2/C=C/Cc2cccc([N+](=O)[O-])c2)cc1. The van der Waals surface area contributed by atoms with Crippen LogP contribution in [-0.2, 0) is 12.8 Å². The number of aromatic amines is 1. The van der Waals surface area contributed by atoms with Crippen molar-refractivity contribution < 1.29 is 4.92 Å². The molecule has 4 aromatic rings. The second-order valence-electron chi connectivity index (χ2n) is 8.38. The van der Waals surface area contributed by atoms with E-state index in [1.807, 2.05) is 6.07 Å². The van der Waals surface area contributed by atoms with Gasteiger partial charge in [-0.2, -0.15) is 0 Å². The number of nitro groups is 1. The molecule has 1 aliphatic rings. The van der Waals surface area contributed by atoms with Gasteiger partial charge in [0.1, 0.15) is 0 Å². The first kappa shape index (κ1) is 20.1. The Bertz CT molecular complexity index is 1300. The molecule has 1 unspecified atom stereocenters. The van der Waals surface area contributed by atoms with E-state index in [9.17, 15) is 10.1 Å². The number of nitrogens with one attached hydrogen (secondary N) is 1. The number of H-pyrrole nitrogens is 1. The monoisotopic (exact) mass is 423 g/mol. The predicted octanol–water partition coefficient (Wildman–Crippen LogP) is 6.09. The molecule has 5 heteroatoms. The number of nitro benzene ring substituents is 1. The van der Waals surface area contributed by atoms with Crippen molar-refractivity contribution in [2.24, 2.45) is 0 Å². The molecule has 0 radical (unpaired) electrons. The second kappa shape index (κ2) is 8.35. The van der Waals surface area contributed by atoms with Gasteiger partial charge in [0, 0.05) is 35.3 Å². The Morgan fingerprint density at radius 3 is 2.72 bits per heavy atom. The number of aryl methyl sites for hydroxylation is 1. The third-order valence-electron chi connectivity index (χ3n) is 6.24. The van der Waals surface area contributed by atoms with E-state index in [4.69, 9.17) is 0 Å². The van der Waals surface area contributed by atoms with Crippen molar-refractivity contribution in [2.75, 3.05) is 6.54 Å². The quantitative estimate of drug-likeness (QED) is 0.312. The van der Waals surface area contributed by atoms with Crippen molar-refractivity contribution in [1.82, 2.24) is 9.88 Å². The van der Waals surface area contributed by atoms with Gasteiger partial charge in [-0.25, -0.2) is 0 Å². The largest absolute Gasteiger partial charge is 0.365 e. The van der Waals surface area contributed by atoms with E-state index in [-0.39, 0.29) is 16.7 Å². The summed E-state index contributed by atoms with van der Waals surface area (Å²) in [7, 11) is 0. The molecule has 5 nitrogen and oxygen atoms in total. The average Bonchev–Trinajstić information content (AvgIpc) is 3.18. The van der Waals surface area contributed by atoms with Crippen LogP contribution in [0.5, 0.6) is 0 Å². The molecular formula is C27H25N3O2. The smallest absolute Gasteiger partial charge is 0.269 e. The maximum atomic E-state index is 11.1. The fourth-order valence-corrected chi connectivity index (χ4v) is 4.65. The number of rotatable bonds is 5. The van der Waals surface area contributed by atoms with Gasteiger partial charge >= 0.3 is 0 Å². The fraction of sp³-hybridized carbons (Fsp3) is 0.185. The number of hydrogen-bond acceptors (Lipinski definition) is 3. The first-order valence-corrected chi connectivity index (χ1v) is 10.9. The number of nitrogens with zero attached hydrogens (tertiary/aromatic N) is 2. The zero-order valence-corrected chi connectivity index (χ0v) is 18.0. The highest BCUT2D eigenvalue weighted by Gasteiger charge is 2.29. The minimum Gasteiger partial charge on any atom is -0.365 e. The van der Waals surface area contributed by atoms with Crippen molar-refractivity contribution in [3.8, 4) is 0 Å². The van der Waals surface area contributed by atoms with Gasteiger partial charge in [-0.05, 0) is 48.7 Å². The van der Waals surface area contributed by atoms with E-state index in [2.05, 4.69) is 77.6 Å². The van der Waals surface area contributed by atoms with Crippen LogP contribution >= 0.6 is 0 Å². The molecule has 3 aromatic carbocycles. The number of fused-ring (bicyclic) bond motifs is 3. The molecule has 0 bridgehead atoms. The van der Waals surface area contributed by atoms with E-state index >= 15 is 0 Å². The van der Waals surface area contributed by atoms with Crippen LogP contribution in [0.25, 0.3) is 10.9 Å². The Balaban J connectivity index is 1.48. The summed E-state index contributed by atoms with van der Waals surface area (Å²) < 4.78 is 0. The highest BCUT2D eigenvalue weighted by molar-refractivity contribution is 5.85. The zero-order valence-electron chi connectivity index (χ0n) is 18.0. The highest BCUT2D eigenvalue weighted by Crippen LogP contribution is 2.38. The predicted molar refractivity (Wildman–Crippen MR) is 128 cm³/mol. The Labute approximate surface area is 187 Å². The lowest BCUT2D eigenvalue weighted by atomic mass is 9.92. The number of allylic oxidation sites excluding steroid dienone is 1. The normalized spacial score (nSPS) is 15.9. The molecule has 5 rings (SSSR count). The van der Waals surface area contributed by atoms with E-state index in [0.29, 0.717) is 6.42 Å². The van der Waals surface area contributed by atoms with E-state index in [1.54, 1.807) is 12.1 Å². The van der Waals surface area contributed by atoms with Gasteiger partial charge in [0.25, 0.3) is 5.69 Å². The lowest BCUT2D eigenvalue weighted by Crippen LogP contribution is -2.32. The highest BCUT2D eigenvalue weighted by atomic mass is 16.6. The van der Waals surface area contributed by atoms with Crippen molar-refractivity contribution in [1.29, 1.82) is 0 Å². The molecule has 0 fully saturated rings. The van der Waals surface area contributed by atoms with Crippen LogP contribution in [0.15, 0.2) is 85.1 Å². The standard InChI is InChI=1S/C27H25N3O2/c1-19-11-13-21(14-12-19)27-26-24(23-9-2-3-10-25(23)28-26)15-17-29(27)16-5-7-20-6-4-8-22(18-20)30(31)32/h2-6,8-14,16,18,27-28H,7,15,17H2,1H3/b16-5+. The summed E-state index contributed by atoms with van der Waals surface area (Å²) in [6.45, 7) is 3.02. The second-order valence-corrected chi connectivity index (χ2v) is 8.38. The van der Waals surface area contributed by atoms with Gasteiger partial charge in [-0.15, -0.1) is 0 Å². The van der Waals surface area contributed by atoms with Crippen LogP contribution in [0.1, 0.15) is 34.0 Å². The van der Waals surface area contributed by atoms with Crippen LogP contribution in [0, 0.1) is 17.0 Å². The number of para-hydroxylation sites is 1. The molecule has 0 amide bonds. The lowest BCUT2D eigenvalue weighted by molar-refractivity contribution is -0.384. The van der Waals surface area contributed by atoms with Crippen LogP contribution in [-0.4, -0.2) is 21.4 Å². The minimum atomic E-state index is -0.345. The van der Waals surface area contributed by atoms with Gasteiger partial charge in [0.15, 0.2) is 0 Å². The topological polar surface area (TPSA) is 62.2 Å². The molecular weight excluding hydrogens is 398 g/mol. The van der Waals surface area contributed by atoms with Gasteiger partial charge in [0.2, 0.25) is 0 Å². The van der Waals surface area contributed by atoms with Gasteiger partial charge < -0.3 is 9.88 Å². The number of benzene rings is 3. The minimum absolute atomic E-state index is 0.105. The summed E-state index contributed by atoms with van der Waals surface area (Å²) in [4.78, 5) is 16.8. The van der Waals surface area contributed by atoms with E-state index in [1.165, 1.54) is 39.4 Å². The molecule has 1 atom stereocenters. The Morgan fingerprint density at radius 1 is 1.09 bits per heavy atom. The molecule has 0 spiro atoms. The van der Waals surface area contributed by atoms with Crippen LogP contribution in [0.3, 0.4) is 0 Å². The van der Waals surface area contributed by atoms with Crippen LogP contribution in [0.2, 0.25) is 0 Å². The van der Waals surface area contributed by atoms with E-state index < -0.39 is 0 Å². The fourth-order valence-electron chi connectivity index (χ4n) is 4.65. The van der Waals surface area contributed by atoms with Gasteiger partial charge in [0.05, 0.1) is 11.0 Å². The first-order chi connectivity index (χ1) is 15.6. The summed E-state index contributed by atoms with van der Waals surface area (Å²) in [5, 5.41) is 12.4. The Morgan fingerprint density at radius 2 is 1.91 bits per heavy atom. The van der Waals surface area contributed by atoms with E-state index in [0.717, 1.165) is 18.5 Å². The first-order valence-electron chi connectivity index (χ1n) is 10.9. The van der Waals surface area contributed by atoms with Crippen molar-refractivity contribution in [3.63, 3.8) is 0 Å². The molecule has 160 valence electrons. The van der Waals surface area contributed by atoms with Crippen LogP contribution < -0.4 is 0 Å². The molecule has 1 N–H and O–H groups in total. The summed E-state index contributed by atoms with van der Waals surface area (Å²) in [6.07, 6.45) is 5.88.